The van der Waals surface area contributed by atoms with Gasteiger partial charge in [0.15, 0.2) is 0 Å². The second kappa shape index (κ2) is 34.4. The molecule has 0 bridgehead atoms. The van der Waals surface area contributed by atoms with E-state index in [1.165, 1.54) is 89.9 Å². The molecule has 0 aromatic carbocycles. The van der Waals surface area contributed by atoms with Crippen molar-refractivity contribution in [3.63, 3.8) is 0 Å². The van der Waals surface area contributed by atoms with Gasteiger partial charge >= 0.3 is 0 Å². The molecular formula is C42H83N2O7P. The molecule has 0 aliphatic heterocycles. The smallest absolute Gasteiger partial charge is 0.268 e. The predicted molar refractivity (Wildman–Crippen MR) is 216 cm³/mol. The van der Waals surface area contributed by atoms with Crippen LogP contribution in [0, 0.1) is 0 Å². The number of allylic oxidation sites excluding steroid dienone is 4. The number of amides is 1. The molecule has 308 valence electrons. The molecule has 0 aliphatic rings. The van der Waals surface area contributed by atoms with Gasteiger partial charge in [-0.2, -0.15) is 0 Å². The molecule has 4 atom stereocenters. The predicted octanol–water partition coefficient (Wildman–Crippen LogP) is 9.70. The quantitative estimate of drug-likeness (QED) is 0.0248. The van der Waals surface area contributed by atoms with Crippen LogP contribution in [0.25, 0.3) is 0 Å². The third kappa shape index (κ3) is 34.7. The van der Waals surface area contributed by atoms with Crippen molar-refractivity contribution in [3.8, 4) is 0 Å². The number of nitrogens with zero attached hydrogens (tertiary/aromatic N) is 1. The highest BCUT2D eigenvalue weighted by Crippen LogP contribution is 2.38. The Morgan fingerprint density at radius 3 is 1.67 bits per heavy atom. The van der Waals surface area contributed by atoms with Crippen LogP contribution in [-0.2, 0) is 18.4 Å². The van der Waals surface area contributed by atoms with Crippen LogP contribution in [0.2, 0.25) is 0 Å². The molecule has 10 heteroatoms. The van der Waals surface area contributed by atoms with Crippen molar-refractivity contribution in [1.29, 1.82) is 0 Å². The maximum Gasteiger partial charge on any atom is 0.268 e. The largest absolute Gasteiger partial charge is 0.756 e. The van der Waals surface area contributed by atoms with Crippen molar-refractivity contribution in [2.75, 3.05) is 40.9 Å². The zero-order valence-electron chi connectivity index (χ0n) is 34.4. The molecule has 0 aromatic heterocycles. The first-order valence-electron chi connectivity index (χ1n) is 21.3. The number of nitrogens with one attached hydrogen (secondary N) is 1. The van der Waals surface area contributed by atoms with Crippen LogP contribution in [-0.4, -0.2) is 79.8 Å². The lowest BCUT2D eigenvalue weighted by molar-refractivity contribution is -0.870. The maximum absolute atomic E-state index is 12.9. The van der Waals surface area contributed by atoms with E-state index in [-0.39, 0.29) is 18.9 Å². The van der Waals surface area contributed by atoms with E-state index in [0.29, 0.717) is 23.9 Å². The number of rotatable bonds is 38. The topological polar surface area (TPSA) is 128 Å². The molecule has 4 unspecified atom stereocenters. The fraction of sp³-hybridized carbons (Fsp3) is 0.881. The summed E-state index contributed by atoms with van der Waals surface area (Å²) in [4.78, 5) is 25.3. The van der Waals surface area contributed by atoms with Crippen molar-refractivity contribution in [2.45, 2.75) is 199 Å². The molecule has 52 heavy (non-hydrogen) atoms. The minimum absolute atomic E-state index is 0.0433. The van der Waals surface area contributed by atoms with Gasteiger partial charge in [0.2, 0.25) is 5.91 Å². The zero-order chi connectivity index (χ0) is 38.8. The van der Waals surface area contributed by atoms with Gasteiger partial charge in [-0.3, -0.25) is 9.36 Å². The standard InChI is InChI=1S/C42H83N2O7P/c1-6-8-10-12-14-16-18-20-21-22-23-25-27-29-31-33-35-41(46)43-39(38-51-52(48,49)50-37-36-44(3,4)5)42(47)40(45)34-32-30-28-26-24-19-17-15-13-11-9-7-2/h16,18,21-22,39-40,42,45,47H,6-15,17,19-20,23-38H2,1-5H3,(H-,43,46,48,49)/b18-16-,22-21-. The Morgan fingerprint density at radius 1 is 0.692 bits per heavy atom. The minimum Gasteiger partial charge on any atom is -0.756 e. The summed E-state index contributed by atoms with van der Waals surface area (Å²) >= 11 is 0. The second-order valence-electron chi connectivity index (χ2n) is 15.8. The molecule has 0 aromatic rings. The summed E-state index contributed by atoms with van der Waals surface area (Å²) in [6, 6.07) is -1.08. The Balaban J connectivity index is 4.57. The van der Waals surface area contributed by atoms with Crippen LogP contribution in [0.3, 0.4) is 0 Å². The highest BCUT2D eigenvalue weighted by molar-refractivity contribution is 7.45. The molecule has 0 fully saturated rings. The van der Waals surface area contributed by atoms with E-state index in [2.05, 4.69) is 43.5 Å². The summed E-state index contributed by atoms with van der Waals surface area (Å²) in [7, 11) is 1.11. The zero-order valence-corrected chi connectivity index (χ0v) is 35.3. The maximum atomic E-state index is 12.9. The first-order valence-corrected chi connectivity index (χ1v) is 22.7. The number of quaternary nitrogens is 1. The number of carbonyl (C=O) groups is 1. The van der Waals surface area contributed by atoms with Gasteiger partial charge in [0.05, 0.1) is 39.9 Å². The Kier molecular flexibility index (Phi) is 33.7. The fourth-order valence-corrected chi connectivity index (χ4v) is 6.77. The normalized spacial score (nSPS) is 15.3. The van der Waals surface area contributed by atoms with E-state index in [9.17, 15) is 24.5 Å². The van der Waals surface area contributed by atoms with Gasteiger partial charge in [0, 0.05) is 6.42 Å². The number of aliphatic hydroxyl groups excluding tert-OH is 2. The molecule has 9 nitrogen and oxygen atoms in total. The molecule has 0 rings (SSSR count). The van der Waals surface area contributed by atoms with E-state index in [1.807, 2.05) is 21.1 Å². The summed E-state index contributed by atoms with van der Waals surface area (Å²) in [6.07, 6.45) is 34.9. The molecule has 1 amide bonds. The first kappa shape index (κ1) is 50.9. The van der Waals surface area contributed by atoms with Crippen molar-refractivity contribution < 1.29 is 38.0 Å². The SMILES string of the molecule is CCCCCC/C=C\C/C=C\CCCCCCCC(=O)NC(COP(=O)([O-])OCC[N+](C)(C)C)C(O)C(O)CCCCCCCCCCCCCC. The van der Waals surface area contributed by atoms with E-state index in [4.69, 9.17) is 9.05 Å². The van der Waals surface area contributed by atoms with Crippen LogP contribution in [0.1, 0.15) is 181 Å². The Morgan fingerprint density at radius 2 is 1.15 bits per heavy atom. The molecule has 0 heterocycles. The average molecular weight is 759 g/mol. The minimum atomic E-state index is -4.66. The number of hydrogen-bond donors (Lipinski definition) is 3. The first-order chi connectivity index (χ1) is 24.9. The van der Waals surface area contributed by atoms with Crippen LogP contribution in [0.15, 0.2) is 24.3 Å². The summed E-state index contributed by atoms with van der Waals surface area (Å²) in [5, 5.41) is 24.6. The molecule has 0 aliphatic carbocycles. The summed E-state index contributed by atoms with van der Waals surface area (Å²) in [5.41, 5.74) is 0. The third-order valence-corrected chi connectivity index (χ3v) is 10.5. The number of phosphoric acid groups is 1. The van der Waals surface area contributed by atoms with Gasteiger partial charge < -0.3 is 34.0 Å². The highest BCUT2D eigenvalue weighted by Gasteiger charge is 2.29. The molecular weight excluding hydrogens is 675 g/mol. The number of unbranched alkanes of at least 4 members (excludes halogenated alkanes) is 20. The van der Waals surface area contributed by atoms with E-state index in [1.54, 1.807) is 0 Å². The Bertz CT molecular complexity index is 924. The molecule has 0 spiro atoms. The number of likely N-dealkylation sites (N-methyl/N-ethyl adjacent to an activating group) is 1. The van der Waals surface area contributed by atoms with Crippen LogP contribution < -0.4 is 10.2 Å². The lowest BCUT2D eigenvalue weighted by Gasteiger charge is -2.31. The second-order valence-corrected chi connectivity index (χ2v) is 17.2. The summed E-state index contributed by atoms with van der Waals surface area (Å²) in [6.45, 7) is 4.39. The van der Waals surface area contributed by atoms with Gasteiger partial charge in [-0.1, -0.05) is 154 Å². The summed E-state index contributed by atoms with van der Waals surface area (Å²) in [5.74, 6) is -0.293. The molecule has 0 radical (unpaired) electrons. The number of phosphoric ester groups is 1. The van der Waals surface area contributed by atoms with Crippen LogP contribution >= 0.6 is 7.82 Å². The third-order valence-electron chi connectivity index (χ3n) is 9.53. The van der Waals surface area contributed by atoms with Crippen LogP contribution in [0.4, 0.5) is 0 Å². The van der Waals surface area contributed by atoms with Crippen molar-refractivity contribution >= 4 is 13.7 Å². The van der Waals surface area contributed by atoms with Crippen LogP contribution in [0.5, 0.6) is 0 Å². The lowest BCUT2D eigenvalue weighted by Crippen LogP contribution is -2.51. The fourth-order valence-electron chi connectivity index (χ4n) is 6.05. The van der Waals surface area contributed by atoms with E-state index >= 15 is 0 Å². The molecule has 0 saturated carbocycles. The Hall–Kier alpha value is -1.06. The van der Waals surface area contributed by atoms with Gasteiger partial charge in [-0.15, -0.1) is 0 Å². The lowest BCUT2D eigenvalue weighted by atomic mass is 9.99. The molecule has 0 saturated heterocycles. The molecule has 3 N–H and O–H groups in total. The van der Waals surface area contributed by atoms with Gasteiger partial charge in [-0.05, 0) is 44.9 Å². The van der Waals surface area contributed by atoms with E-state index in [0.717, 1.165) is 57.8 Å². The van der Waals surface area contributed by atoms with Crippen molar-refractivity contribution in [3.05, 3.63) is 24.3 Å². The monoisotopic (exact) mass is 759 g/mol. The number of carbonyl (C=O) groups excluding carboxylic acids is 1. The average Bonchev–Trinajstić information content (AvgIpc) is 3.09. The highest BCUT2D eigenvalue weighted by atomic mass is 31.2. The van der Waals surface area contributed by atoms with Gasteiger partial charge in [-0.25, -0.2) is 0 Å². The van der Waals surface area contributed by atoms with Gasteiger partial charge in [0.1, 0.15) is 19.3 Å². The van der Waals surface area contributed by atoms with Gasteiger partial charge in [0.25, 0.3) is 7.82 Å². The number of hydrogen-bond acceptors (Lipinski definition) is 7. The number of aliphatic hydroxyl groups is 2. The summed E-state index contributed by atoms with van der Waals surface area (Å²) < 4.78 is 23.1. The Labute approximate surface area is 320 Å². The van der Waals surface area contributed by atoms with Crippen molar-refractivity contribution in [1.82, 2.24) is 5.32 Å². The van der Waals surface area contributed by atoms with Crippen molar-refractivity contribution in [2.24, 2.45) is 0 Å². The van der Waals surface area contributed by atoms with E-state index < -0.39 is 32.7 Å².